The van der Waals surface area contributed by atoms with Gasteiger partial charge in [0.2, 0.25) is 10.0 Å². The van der Waals surface area contributed by atoms with E-state index in [4.69, 9.17) is 11.6 Å². The number of H-pyrrole nitrogens is 1. The first-order valence-corrected chi connectivity index (χ1v) is 13.5. The number of sulfonamides is 1. The summed E-state index contributed by atoms with van der Waals surface area (Å²) >= 11 is 6.26. The molecule has 0 bridgehead atoms. The first-order chi connectivity index (χ1) is 18.1. The van der Waals surface area contributed by atoms with Crippen molar-refractivity contribution in [3.05, 3.63) is 93.2 Å². The van der Waals surface area contributed by atoms with Crippen molar-refractivity contribution in [3.63, 3.8) is 0 Å². The van der Waals surface area contributed by atoms with E-state index < -0.39 is 39.0 Å². The van der Waals surface area contributed by atoms with Crippen LogP contribution >= 0.6 is 11.6 Å². The number of halogens is 2. The fourth-order valence-corrected chi connectivity index (χ4v) is 5.34. The quantitative estimate of drug-likeness (QED) is 0.300. The van der Waals surface area contributed by atoms with Gasteiger partial charge >= 0.3 is 5.97 Å². The van der Waals surface area contributed by atoms with Crippen molar-refractivity contribution in [2.75, 3.05) is 12.9 Å². The topological polar surface area (TPSA) is 127 Å². The summed E-state index contributed by atoms with van der Waals surface area (Å²) in [5.74, 6) is -2.65. The molecule has 2 heterocycles. The Labute approximate surface area is 222 Å². The lowest BCUT2D eigenvalue weighted by Crippen LogP contribution is -2.34. The number of nitrogens with one attached hydrogen (secondary N) is 2. The zero-order chi connectivity index (χ0) is 27.4. The minimum absolute atomic E-state index is 0.0751. The SMILES string of the molecule is COC(=O)CCCS(=O)(=O)NC(=O)c1c(-c2ccc[nH]c2=O)c2cc(Cl)ccc2n1Cc1ccccc1F. The molecule has 4 rings (SSSR count). The third-order valence-corrected chi connectivity index (χ3v) is 7.44. The summed E-state index contributed by atoms with van der Waals surface area (Å²) in [6.45, 7) is -0.138. The molecule has 12 heteroatoms. The van der Waals surface area contributed by atoms with Crippen LogP contribution in [0.4, 0.5) is 4.39 Å². The van der Waals surface area contributed by atoms with Gasteiger partial charge < -0.3 is 14.3 Å². The van der Waals surface area contributed by atoms with Crippen LogP contribution in [0.3, 0.4) is 0 Å². The van der Waals surface area contributed by atoms with Gasteiger partial charge in [0, 0.05) is 45.2 Å². The van der Waals surface area contributed by atoms with Crippen LogP contribution in [0.25, 0.3) is 22.0 Å². The molecule has 198 valence electrons. The summed E-state index contributed by atoms with van der Waals surface area (Å²) in [6.07, 6.45) is 1.19. The fourth-order valence-electron chi connectivity index (χ4n) is 4.16. The molecule has 0 unspecified atom stereocenters. The van der Waals surface area contributed by atoms with Gasteiger partial charge in [-0.15, -0.1) is 0 Å². The normalized spacial score (nSPS) is 11.4. The zero-order valence-electron chi connectivity index (χ0n) is 20.2. The van der Waals surface area contributed by atoms with Crippen LogP contribution in [0.5, 0.6) is 0 Å². The number of nitrogens with zero attached hydrogens (tertiary/aromatic N) is 1. The van der Waals surface area contributed by atoms with Crippen molar-refractivity contribution in [1.29, 1.82) is 0 Å². The first-order valence-electron chi connectivity index (χ1n) is 11.5. The summed E-state index contributed by atoms with van der Waals surface area (Å²) in [7, 11) is -3.01. The standard InChI is InChI=1S/C26H23ClFN3O6S/c1-37-22(32)9-5-13-38(35,36)30-26(34)24-23(18-7-4-12-29-25(18)33)19-14-17(27)10-11-21(19)31(24)15-16-6-2-3-8-20(16)28/h2-4,6-8,10-12,14H,5,9,13,15H2,1H3,(H,29,33)(H,30,34). The molecule has 4 aromatic rings. The number of fused-ring (bicyclic) bond motifs is 1. The van der Waals surface area contributed by atoms with E-state index in [9.17, 15) is 27.2 Å². The number of hydrogen-bond acceptors (Lipinski definition) is 6. The van der Waals surface area contributed by atoms with E-state index in [0.717, 1.165) is 0 Å². The number of aromatic nitrogens is 2. The van der Waals surface area contributed by atoms with E-state index in [0.29, 0.717) is 15.9 Å². The Kier molecular flexibility index (Phi) is 7.98. The van der Waals surface area contributed by atoms with Crippen molar-refractivity contribution in [2.45, 2.75) is 19.4 Å². The number of hydrogen-bond donors (Lipinski definition) is 2. The van der Waals surface area contributed by atoms with E-state index >= 15 is 0 Å². The van der Waals surface area contributed by atoms with Crippen LogP contribution in [0.1, 0.15) is 28.9 Å². The summed E-state index contributed by atoms with van der Waals surface area (Å²) in [5.41, 5.74) is 0.224. The van der Waals surface area contributed by atoms with Gasteiger partial charge in [-0.05, 0) is 42.8 Å². The number of esters is 1. The van der Waals surface area contributed by atoms with Crippen LogP contribution in [0.15, 0.2) is 65.6 Å². The van der Waals surface area contributed by atoms with Gasteiger partial charge in [0.25, 0.3) is 11.5 Å². The third-order valence-electron chi connectivity index (χ3n) is 5.88. The van der Waals surface area contributed by atoms with E-state index in [-0.39, 0.29) is 41.8 Å². The third kappa shape index (κ3) is 5.79. The smallest absolute Gasteiger partial charge is 0.305 e. The van der Waals surface area contributed by atoms with Crippen molar-refractivity contribution in [1.82, 2.24) is 14.3 Å². The number of pyridine rings is 1. The Balaban J connectivity index is 1.89. The Morgan fingerprint density at radius 1 is 1.13 bits per heavy atom. The highest BCUT2D eigenvalue weighted by molar-refractivity contribution is 7.90. The molecular weight excluding hydrogens is 537 g/mol. The summed E-state index contributed by atoms with van der Waals surface area (Å²) in [5, 5.41) is 0.718. The van der Waals surface area contributed by atoms with Crippen LogP contribution in [-0.4, -0.2) is 42.7 Å². The predicted octanol–water partition coefficient (Wildman–Crippen LogP) is 3.85. The van der Waals surface area contributed by atoms with Gasteiger partial charge in [0.1, 0.15) is 11.5 Å². The Morgan fingerprint density at radius 2 is 1.89 bits per heavy atom. The van der Waals surface area contributed by atoms with Crippen LogP contribution in [0, 0.1) is 5.82 Å². The molecule has 1 amide bonds. The maximum atomic E-state index is 14.6. The summed E-state index contributed by atoms with van der Waals surface area (Å²) < 4.78 is 48.1. The van der Waals surface area contributed by atoms with Crippen molar-refractivity contribution < 1.29 is 27.1 Å². The maximum Gasteiger partial charge on any atom is 0.305 e. The first kappa shape index (κ1) is 27.1. The monoisotopic (exact) mass is 559 g/mol. The zero-order valence-corrected chi connectivity index (χ0v) is 21.7. The summed E-state index contributed by atoms with van der Waals surface area (Å²) in [4.78, 5) is 40.4. The second kappa shape index (κ2) is 11.2. The molecule has 0 saturated heterocycles. The predicted molar refractivity (Wildman–Crippen MR) is 141 cm³/mol. The number of amides is 1. The van der Waals surface area contributed by atoms with E-state index in [1.807, 2.05) is 4.72 Å². The second-order valence-electron chi connectivity index (χ2n) is 8.41. The second-order valence-corrected chi connectivity index (χ2v) is 10.7. The average Bonchev–Trinajstić information content (AvgIpc) is 3.18. The molecular formula is C26H23ClFN3O6S. The highest BCUT2D eigenvalue weighted by Gasteiger charge is 2.28. The van der Waals surface area contributed by atoms with Gasteiger partial charge in [-0.1, -0.05) is 29.8 Å². The molecule has 2 aromatic heterocycles. The van der Waals surface area contributed by atoms with Crippen LogP contribution in [0.2, 0.25) is 5.02 Å². The molecule has 2 aromatic carbocycles. The van der Waals surface area contributed by atoms with Gasteiger partial charge in [0.05, 0.1) is 19.4 Å². The number of methoxy groups -OCH3 is 1. The highest BCUT2D eigenvalue weighted by Crippen LogP contribution is 2.36. The van der Waals surface area contributed by atoms with Gasteiger partial charge in [-0.25, -0.2) is 17.5 Å². The lowest BCUT2D eigenvalue weighted by molar-refractivity contribution is -0.140. The lowest BCUT2D eigenvalue weighted by Gasteiger charge is -2.14. The van der Waals surface area contributed by atoms with Crippen LogP contribution in [-0.2, 0) is 26.1 Å². The maximum absolute atomic E-state index is 14.6. The number of rotatable bonds is 9. The molecule has 9 nitrogen and oxygen atoms in total. The van der Waals surface area contributed by atoms with Gasteiger partial charge in [-0.2, -0.15) is 0 Å². The molecule has 0 spiro atoms. The number of carbonyl (C=O) groups excluding carboxylic acids is 2. The molecule has 0 atom stereocenters. The Bertz CT molecular complexity index is 1700. The molecule has 0 radical (unpaired) electrons. The van der Waals surface area contributed by atoms with Gasteiger partial charge in [0.15, 0.2) is 0 Å². The lowest BCUT2D eigenvalue weighted by atomic mass is 10.0. The number of benzene rings is 2. The van der Waals surface area contributed by atoms with Crippen molar-refractivity contribution in [2.24, 2.45) is 0 Å². The number of carbonyl (C=O) groups is 2. The molecule has 38 heavy (non-hydrogen) atoms. The molecule has 0 aliphatic rings. The van der Waals surface area contributed by atoms with Crippen molar-refractivity contribution in [3.8, 4) is 11.1 Å². The molecule has 0 aliphatic carbocycles. The molecule has 0 aliphatic heterocycles. The highest BCUT2D eigenvalue weighted by atomic mass is 35.5. The Morgan fingerprint density at radius 3 is 2.61 bits per heavy atom. The number of aromatic amines is 1. The molecule has 0 saturated carbocycles. The largest absolute Gasteiger partial charge is 0.469 e. The number of ether oxygens (including phenoxy) is 1. The fraction of sp³-hybridized carbons (Fsp3) is 0.192. The molecule has 0 fully saturated rings. The van der Waals surface area contributed by atoms with Crippen LogP contribution < -0.4 is 10.3 Å². The van der Waals surface area contributed by atoms with Gasteiger partial charge in [-0.3, -0.25) is 14.4 Å². The Hall–Kier alpha value is -3.96. The average molecular weight is 560 g/mol. The van der Waals surface area contributed by atoms with Crippen molar-refractivity contribution >= 4 is 44.4 Å². The summed E-state index contributed by atoms with van der Waals surface area (Å²) in [6, 6.07) is 13.8. The van der Waals surface area contributed by atoms with E-state index in [1.165, 1.54) is 42.1 Å². The van der Waals surface area contributed by atoms with E-state index in [2.05, 4.69) is 9.72 Å². The molecule has 2 N–H and O–H groups in total. The van der Waals surface area contributed by atoms with E-state index in [1.54, 1.807) is 30.3 Å². The minimum atomic E-state index is -4.19. The minimum Gasteiger partial charge on any atom is -0.469 e.